The molecule has 2 aromatic carbocycles. The standard InChI is InChI=1S/C28H33F3N4O4S/c1-19-16-22-17-25(6-7-26(22)35(19)20(2)36)40(38,39)34-10-8-21(9-11-34)27(37)33-14-12-32(13-15-33)24-5-3-4-23(18-24)28(29,30)31/h3-7,17-19,21H,8-16H2,1-2H3/t19-/m0/s1. The Balaban J connectivity index is 1.17. The molecule has 0 bridgehead atoms. The second-order valence-corrected chi connectivity index (χ2v) is 12.7. The number of sulfonamides is 1. The summed E-state index contributed by atoms with van der Waals surface area (Å²) in [5, 5.41) is 0. The van der Waals surface area contributed by atoms with Crippen molar-refractivity contribution in [2.45, 2.75) is 50.2 Å². The van der Waals surface area contributed by atoms with Crippen molar-refractivity contribution in [1.82, 2.24) is 9.21 Å². The van der Waals surface area contributed by atoms with Gasteiger partial charge in [-0.2, -0.15) is 17.5 Å². The predicted octanol–water partition coefficient (Wildman–Crippen LogP) is 3.75. The fraction of sp³-hybridized carbons (Fsp3) is 0.500. The lowest BCUT2D eigenvalue weighted by Gasteiger charge is -2.39. The highest BCUT2D eigenvalue weighted by molar-refractivity contribution is 7.89. The lowest BCUT2D eigenvalue weighted by atomic mass is 9.96. The summed E-state index contributed by atoms with van der Waals surface area (Å²) in [5.41, 5.74) is 1.36. The van der Waals surface area contributed by atoms with Crippen molar-refractivity contribution in [3.8, 4) is 0 Å². The van der Waals surface area contributed by atoms with Crippen LogP contribution in [0, 0.1) is 5.92 Å². The van der Waals surface area contributed by atoms with Gasteiger partial charge >= 0.3 is 6.18 Å². The number of carbonyl (C=O) groups excluding carboxylic acids is 2. The number of hydrogen-bond acceptors (Lipinski definition) is 5. The Morgan fingerprint density at radius 2 is 1.60 bits per heavy atom. The summed E-state index contributed by atoms with van der Waals surface area (Å²) in [7, 11) is -3.75. The molecule has 2 fully saturated rings. The summed E-state index contributed by atoms with van der Waals surface area (Å²) in [6.45, 7) is 5.56. The van der Waals surface area contributed by atoms with E-state index in [0.29, 0.717) is 51.1 Å². The van der Waals surface area contributed by atoms with E-state index in [0.717, 1.165) is 23.4 Å². The van der Waals surface area contributed by atoms with Gasteiger partial charge in [-0.1, -0.05) is 6.07 Å². The number of piperidine rings is 1. The second kappa shape index (κ2) is 10.7. The highest BCUT2D eigenvalue weighted by atomic mass is 32.2. The summed E-state index contributed by atoms with van der Waals surface area (Å²) in [6, 6.07) is 10.1. The van der Waals surface area contributed by atoms with Gasteiger partial charge in [0.25, 0.3) is 0 Å². The smallest absolute Gasteiger partial charge is 0.368 e. The number of fused-ring (bicyclic) bond motifs is 1. The Morgan fingerprint density at radius 1 is 0.925 bits per heavy atom. The van der Waals surface area contributed by atoms with Gasteiger partial charge in [0.1, 0.15) is 0 Å². The van der Waals surface area contributed by atoms with E-state index in [2.05, 4.69) is 0 Å². The van der Waals surface area contributed by atoms with Crippen molar-refractivity contribution in [3.63, 3.8) is 0 Å². The molecule has 40 heavy (non-hydrogen) atoms. The average Bonchev–Trinajstić information content (AvgIpc) is 3.27. The van der Waals surface area contributed by atoms with E-state index in [1.54, 1.807) is 34.1 Å². The van der Waals surface area contributed by atoms with Gasteiger partial charge in [0.05, 0.1) is 10.5 Å². The van der Waals surface area contributed by atoms with Gasteiger partial charge in [-0.25, -0.2) is 8.42 Å². The Kier molecular flexibility index (Phi) is 7.60. The number of alkyl halides is 3. The van der Waals surface area contributed by atoms with Crippen LogP contribution < -0.4 is 9.80 Å². The Morgan fingerprint density at radius 3 is 2.23 bits per heavy atom. The molecule has 0 N–H and O–H groups in total. The number of piperazine rings is 1. The number of halogens is 3. The van der Waals surface area contributed by atoms with Crippen molar-refractivity contribution in [1.29, 1.82) is 0 Å². The lowest BCUT2D eigenvalue weighted by molar-refractivity contribution is -0.137. The number of benzene rings is 2. The average molecular weight is 579 g/mol. The fourth-order valence-electron chi connectivity index (χ4n) is 6.06. The second-order valence-electron chi connectivity index (χ2n) is 10.8. The molecule has 216 valence electrons. The van der Waals surface area contributed by atoms with Crippen molar-refractivity contribution in [2.75, 3.05) is 49.1 Å². The van der Waals surface area contributed by atoms with Crippen LogP contribution in [0.5, 0.6) is 0 Å². The maximum atomic E-state index is 13.4. The van der Waals surface area contributed by atoms with Gasteiger partial charge in [-0.05, 0) is 68.1 Å². The van der Waals surface area contributed by atoms with Crippen LogP contribution in [0.15, 0.2) is 47.4 Å². The van der Waals surface area contributed by atoms with Crippen LogP contribution in [0.4, 0.5) is 24.5 Å². The summed E-state index contributed by atoms with van der Waals surface area (Å²) in [4.78, 5) is 30.7. The minimum atomic E-state index is -4.41. The minimum Gasteiger partial charge on any atom is -0.368 e. The number of nitrogens with zero attached hydrogens (tertiary/aromatic N) is 4. The van der Waals surface area contributed by atoms with Crippen molar-refractivity contribution in [2.24, 2.45) is 5.92 Å². The van der Waals surface area contributed by atoms with Crippen LogP contribution in [-0.2, 0) is 32.2 Å². The third-order valence-electron chi connectivity index (χ3n) is 8.18. The third-order valence-corrected chi connectivity index (χ3v) is 10.1. The van der Waals surface area contributed by atoms with Crippen LogP contribution in [0.25, 0.3) is 0 Å². The van der Waals surface area contributed by atoms with Gasteiger partial charge in [0.15, 0.2) is 0 Å². The van der Waals surface area contributed by atoms with E-state index >= 15 is 0 Å². The Labute approximate surface area is 232 Å². The van der Waals surface area contributed by atoms with Crippen LogP contribution in [0.1, 0.15) is 37.8 Å². The Hall–Kier alpha value is -3.12. The van der Waals surface area contributed by atoms with Crippen molar-refractivity contribution >= 4 is 33.2 Å². The molecular formula is C28H33F3N4O4S. The van der Waals surface area contributed by atoms with E-state index in [4.69, 9.17) is 0 Å². The van der Waals surface area contributed by atoms with Gasteiger partial charge in [-0.3, -0.25) is 9.59 Å². The molecule has 2 saturated heterocycles. The van der Waals surface area contributed by atoms with E-state index in [1.807, 2.05) is 11.8 Å². The number of anilines is 2. The van der Waals surface area contributed by atoms with Crippen LogP contribution >= 0.6 is 0 Å². The SMILES string of the molecule is CC(=O)N1c2ccc(S(=O)(=O)N3CCC(C(=O)N4CCN(c5cccc(C(F)(F)F)c5)CC4)CC3)cc2C[C@@H]1C. The van der Waals surface area contributed by atoms with Crippen LogP contribution in [0.3, 0.4) is 0 Å². The molecule has 0 aliphatic carbocycles. The number of hydrogen-bond donors (Lipinski definition) is 0. The molecule has 2 amide bonds. The first kappa shape index (κ1) is 28.4. The molecule has 2 aromatic rings. The number of carbonyl (C=O) groups is 2. The van der Waals surface area contributed by atoms with Gasteiger partial charge < -0.3 is 14.7 Å². The maximum absolute atomic E-state index is 13.4. The highest BCUT2D eigenvalue weighted by Crippen LogP contribution is 2.36. The van der Waals surface area contributed by atoms with E-state index < -0.39 is 21.8 Å². The predicted molar refractivity (Wildman–Crippen MR) is 144 cm³/mol. The van der Waals surface area contributed by atoms with Gasteiger partial charge in [0.2, 0.25) is 21.8 Å². The molecule has 12 heteroatoms. The van der Waals surface area contributed by atoms with E-state index in [-0.39, 0.29) is 41.8 Å². The van der Waals surface area contributed by atoms with Crippen molar-refractivity contribution < 1.29 is 31.2 Å². The zero-order valence-corrected chi connectivity index (χ0v) is 23.3. The molecule has 3 heterocycles. The first-order chi connectivity index (χ1) is 18.9. The summed E-state index contributed by atoms with van der Waals surface area (Å²) in [5.74, 6) is -0.404. The molecule has 8 nitrogen and oxygen atoms in total. The molecule has 1 atom stereocenters. The summed E-state index contributed by atoms with van der Waals surface area (Å²) >= 11 is 0. The summed E-state index contributed by atoms with van der Waals surface area (Å²) in [6.07, 6.45) is -3.00. The van der Waals surface area contributed by atoms with E-state index in [9.17, 15) is 31.2 Å². The Bertz CT molecular complexity index is 1400. The monoisotopic (exact) mass is 578 g/mol. The van der Waals surface area contributed by atoms with Crippen molar-refractivity contribution in [3.05, 3.63) is 53.6 Å². The van der Waals surface area contributed by atoms with Crippen LogP contribution in [-0.4, -0.2) is 74.7 Å². The normalized spacial score (nSPS) is 21.0. The molecule has 0 saturated carbocycles. The molecule has 0 radical (unpaired) electrons. The molecular weight excluding hydrogens is 545 g/mol. The molecule has 0 unspecified atom stereocenters. The first-order valence-corrected chi connectivity index (χ1v) is 14.9. The molecule has 0 aromatic heterocycles. The number of amides is 2. The maximum Gasteiger partial charge on any atom is 0.416 e. The number of rotatable bonds is 4. The first-order valence-electron chi connectivity index (χ1n) is 13.5. The molecule has 3 aliphatic rings. The molecule has 3 aliphatic heterocycles. The largest absolute Gasteiger partial charge is 0.416 e. The quantitative estimate of drug-likeness (QED) is 0.552. The minimum absolute atomic E-state index is 0.0286. The lowest BCUT2D eigenvalue weighted by Crippen LogP contribution is -2.52. The zero-order chi connectivity index (χ0) is 28.8. The van der Waals surface area contributed by atoms with Gasteiger partial charge in [0, 0.05) is 69.5 Å². The zero-order valence-electron chi connectivity index (χ0n) is 22.5. The van der Waals surface area contributed by atoms with E-state index in [1.165, 1.54) is 17.3 Å². The highest BCUT2D eigenvalue weighted by Gasteiger charge is 2.37. The van der Waals surface area contributed by atoms with Crippen LogP contribution in [0.2, 0.25) is 0 Å². The molecule has 5 rings (SSSR count). The molecule has 0 spiro atoms. The van der Waals surface area contributed by atoms with Gasteiger partial charge in [-0.15, -0.1) is 0 Å². The summed E-state index contributed by atoms with van der Waals surface area (Å²) < 4.78 is 67.5. The topological polar surface area (TPSA) is 81.2 Å². The fourth-order valence-corrected chi connectivity index (χ4v) is 7.58. The third kappa shape index (κ3) is 5.43.